The molecule has 0 radical (unpaired) electrons. The monoisotopic (exact) mass is 220 g/mol. The van der Waals surface area contributed by atoms with E-state index in [0.29, 0.717) is 6.54 Å². The standard InChI is InChI=1S/C10H16N6/c1-7-6-15(3)13-9(7)5-11-10-8(2)16(4)14-12-10/h6,11H,5H2,1-4H3. The van der Waals surface area contributed by atoms with Crippen LogP contribution in [0.2, 0.25) is 0 Å². The summed E-state index contributed by atoms with van der Waals surface area (Å²) in [6.45, 7) is 4.70. The third kappa shape index (κ3) is 1.91. The Kier molecular flexibility index (Phi) is 2.64. The summed E-state index contributed by atoms with van der Waals surface area (Å²) in [7, 11) is 3.80. The van der Waals surface area contributed by atoms with E-state index in [1.54, 1.807) is 4.68 Å². The summed E-state index contributed by atoms with van der Waals surface area (Å²) in [6, 6.07) is 0. The summed E-state index contributed by atoms with van der Waals surface area (Å²) in [5.41, 5.74) is 3.23. The van der Waals surface area contributed by atoms with Crippen molar-refractivity contribution in [1.82, 2.24) is 24.8 Å². The van der Waals surface area contributed by atoms with Gasteiger partial charge < -0.3 is 5.32 Å². The van der Waals surface area contributed by atoms with Crippen LogP contribution < -0.4 is 5.32 Å². The second-order valence-corrected chi connectivity index (χ2v) is 3.93. The Balaban J connectivity index is 2.08. The molecular formula is C10H16N6. The molecule has 0 aliphatic carbocycles. The van der Waals surface area contributed by atoms with Gasteiger partial charge in [-0.3, -0.25) is 9.36 Å². The Hall–Kier alpha value is -1.85. The minimum absolute atomic E-state index is 0.673. The fourth-order valence-corrected chi connectivity index (χ4v) is 1.56. The summed E-state index contributed by atoms with van der Waals surface area (Å²) < 4.78 is 3.56. The Morgan fingerprint density at radius 3 is 2.56 bits per heavy atom. The molecule has 0 aliphatic rings. The molecule has 2 heterocycles. The summed E-state index contributed by atoms with van der Waals surface area (Å²) in [4.78, 5) is 0. The average molecular weight is 220 g/mol. The highest BCUT2D eigenvalue weighted by Gasteiger charge is 2.07. The number of hydrogen-bond donors (Lipinski definition) is 1. The Bertz CT molecular complexity index is 493. The van der Waals surface area contributed by atoms with Crippen LogP contribution in [-0.4, -0.2) is 24.8 Å². The number of nitrogens with one attached hydrogen (secondary N) is 1. The van der Waals surface area contributed by atoms with Gasteiger partial charge in [-0.2, -0.15) is 5.10 Å². The Labute approximate surface area is 94.3 Å². The van der Waals surface area contributed by atoms with E-state index in [9.17, 15) is 0 Å². The zero-order valence-electron chi connectivity index (χ0n) is 10.0. The molecule has 2 aromatic heterocycles. The van der Waals surface area contributed by atoms with Gasteiger partial charge in [0.2, 0.25) is 0 Å². The molecule has 2 rings (SSSR count). The van der Waals surface area contributed by atoms with E-state index in [4.69, 9.17) is 0 Å². The Morgan fingerprint density at radius 1 is 1.31 bits per heavy atom. The predicted molar refractivity (Wildman–Crippen MR) is 61.0 cm³/mol. The lowest BCUT2D eigenvalue weighted by atomic mass is 10.3. The van der Waals surface area contributed by atoms with E-state index in [1.165, 1.54) is 5.56 Å². The first-order valence-electron chi connectivity index (χ1n) is 5.17. The summed E-state index contributed by atoms with van der Waals surface area (Å²) in [5, 5.41) is 15.6. The van der Waals surface area contributed by atoms with Crippen molar-refractivity contribution in [3.8, 4) is 0 Å². The molecule has 6 nitrogen and oxygen atoms in total. The molecule has 86 valence electrons. The Morgan fingerprint density at radius 2 is 2.06 bits per heavy atom. The maximum Gasteiger partial charge on any atom is 0.171 e. The average Bonchev–Trinajstić information content (AvgIpc) is 2.70. The maximum absolute atomic E-state index is 4.36. The number of aromatic nitrogens is 5. The number of nitrogens with zero attached hydrogens (tertiary/aromatic N) is 5. The van der Waals surface area contributed by atoms with Crippen LogP contribution in [0.1, 0.15) is 17.0 Å². The van der Waals surface area contributed by atoms with Gasteiger partial charge in [-0.25, -0.2) is 0 Å². The fourth-order valence-electron chi connectivity index (χ4n) is 1.56. The van der Waals surface area contributed by atoms with Crippen LogP contribution in [0.3, 0.4) is 0 Å². The van der Waals surface area contributed by atoms with Crippen LogP contribution in [-0.2, 0) is 20.6 Å². The highest BCUT2D eigenvalue weighted by molar-refractivity contribution is 5.38. The van der Waals surface area contributed by atoms with Gasteiger partial charge in [0, 0.05) is 20.3 Å². The summed E-state index contributed by atoms with van der Waals surface area (Å²) >= 11 is 0. The van der Waals surface area contributed by atoms with Gasteiger partial charge in [-0.05, 0) is 19.4 Å². The van der Waals surface area contributed by atoms with Crippen molar-refractivity contribution in [2.45, 2.75) is 20.4 Å². The zero-order chi connectivity index (χ0) is 11.7. The van der Waals surface area contributed by atoms with Crippen molar-refractivity contribution < 1.29 is 0 Å². The highest BCUT2D eigenvalue weighted by atomic mass is 15.4. The van der Waals surface area contributed by atoms with Crippen LogP contribution in [0, 0.1) is 13.8 Å². The molecule has 0 saturated heterocycles. The van der Waals surface area contributed by atoms with E-state index in [-0.39, 0.29) is 0 Å². The van der Waals surface area contributed by atoms with Gasteiger partial charge in [0.1, 0.15) is 0 Å². The summed E-state index contributed by atoms with van der Waals surface area (Å²) in [6.07, 6.45) is 2.00. The lowest BCUT2D eigenvalue weighted by molar-refractivity contribution is 0.696. The number of hydrogen-bond acceptors (Lipinski definition) is 4. The number of anilines is 1. The highest BCUT2D eigenvalue weighted by Crippen LogP contribution is 2.11. The van der Waals surface area contributed by atoms with Crippen molar-refractivity contribution in [1.29, 1.82) is 0 Å². The molecule has 16 heavy (non-hydrogen) atoms. The van der Waals surface area contributed by atoms with E-state index in [0.717, 1.165) is 17.2 Å². The second kappa shape index (κ2) is 3.96. The van der Waals surface area contributed by atoms with E-state index < -0.39 is 0 Å². The molecule has 1 N–H and O–H groups in total. The van der Waals surface area contributed by atoms with Crippen LogP contribution >= 0.6 is 0 Å². The molecule has 0 fully saturated rings. The van der Waals surface area contributed by atoms with E-state index in [1.807, 2.05) is 38.8 Å². The molecule has 0 aliphatic heterocycles. The molecule has 0 bridgehead atoms. The van der Waals surface area contributed by atoms with Crippen molar-refractivity contribution in [3.05, 3.63) is 23.1 Å². The second-order valence-electron chi connectivity index (χ2n) is 3.93. The number of aryl methyl sites for hydroxylation is 3. The predicted octanol–water partition coefficient (Wildman–Crippen LogP) is 0.778. The van der Waals surface area contributed by atoms with Crippen molar-refractivity contribution in [2.75, 3.05) is 5.32 Å². The van der Waals surface area contributed by atoms with Gasteiger partial charge in [0.05, 0.1) is 17.9 Å². The normalized spacial score (nSPS) is 10.8. The minimum atomic E-state index is 0.673. The fraction of sp³-hybridized carbons (Fsp3) is 0.500. The third-order valence-electron chi connectivity index (χ3n) is 2.64. The molecule has 6 heteroatoms. The van der Waals surface area contributed by atoms with E-state index >= 15 is 0 Å². The molecule has 0 amide bonds. The smallest absolute Gasteiger partial charge is 0.171 e. The molecular weight excluding hydrogens is 204 g/mol. The van der Waals surface area contributed by atoms with Crippen LogP contribution in [0.15, 0.2) is 6.20 Å². The van der Waals surface area contributed by atoms with Crippen molar-refractivity contribution >= 4 is 5.82 Å². The lowest BCUT2D eigenvalue weighted by Crippen LogP contribution is -2.04. The first-order valence-corrected chi connectivity index (χ1v) is 5.17. The van der Waals surface area contributed by atoms with Gasteiger partial charge in [0.15, 0.2) is 5.82 Å². The number of rotatable bonds is 3. The molecule has 2 aromatic rings. The molecule has 0 aromatic carbocycles. The largest absolute Gasteiger partial charge is 0.361 e. The molecule has 0 spiro atoms. The van der Waals surface area contributed by atoms with Crippen molar-refractivity contribution in [2.24, 2.45) is 14.1 Å². The third-order valence-corrected chi connectivity index (χ3v) is 2.64. The molecule has 0 saturated carbocycles. The minimum Gasteiger partial charge on any atom is -0.361 e. The molecule has 0 unspecified atom stereocenters. The van der Waals surface area contributed by atoms with Gasteiger partial charge in [-0.15, -0.1) is 5.10 Å². The summed E-state index contributed by atoms with van der Waals surface area (Å²) in [5.74, 6) is 0.813. The first kappa shape index (κ1) is 10.7. The molecule has 0 atom stereocenters. The van der Waals surface area contributed by atoms with Crippen molar-refractivity contribution in [3.63, 3.8) is 0 Å². The first-order chi connectivity index (χ1) is 7.58. The van der Waals surface area contributed by atoms with Crippen LogP contribution in [0.5, 0.6) is 0 Å². The van der Waals surface area contributed by atoms with Gasteiger partial charge in [0.25, 0.3) is 0 Å². The van der Waals surface area contributed by atoms with Gasteiger partial charge >= 0.3 is 0 Å². The topological polar surface area (TPSA) is 60.6 Å². The van der Waals surface area contributed by atoms with E-state index in [2.05, 4.69) is 20.7 Å². The van der Waals surface area contributed by atoms with Crippen LogP contribution in [0.4, 0.5) is 5.82 Å². The van der Waals surface area contributed by atoms with Crippen LogP contribution in [0.25, 0.3) is 0 Å². The SMILES string of the molecule is Cc1cn(C)nc1CNc1nnn(C)c1C. The lowest BCUT2D eigenvalue weighted by Gasteiger charge is -2.02. The van der Waals surface area contributed by atoms with Gasteiger partial charge in [-0.1, -0.05) is 5.21 Å². The quantitative estimate of drug-likeness (QED) is 0.830. The zero-order valence-corrected chi connectivity index (χ0v) is 10.0. The maximum atomic E-state index is 4.36.